The second-order valence-corrected chi connectivity index (χ2v) is 9.02. The highest BCUT2D eigenvalue weighted by molar-refractivity contribution is 7.91. The second kappa shape index (κ2) is 6.81. The van der Waals surface area contributed by atoms with E-state index in [1.165, 1.54) is 11.3 Å². The number of aryl methyl sites for hydroxylation is 3. The average Bonchev–Trinajstić information content (AvgIpc) is 2.78. The van der Waals surface area contributed by atoms with Crippen LogP contribution in [0.15, 0.2) is 28.5 Å². The number of hydrogen-bond acceptors (Lipinski definition) is 4. The van der Waals surface area contributed by atoms with Crippen molar-refractivity contribution in [1.82, 2.24) is 4.72 Å². The molecule has 0 saturated carbocycles. The van der Waals surface area contributed by atoms with Crippen LogP contribution in [0, 0.1) is 13.8 Å². The first kappa shape index (κ1) is 18.3. The van der Waals surface area contributed by atoms with E-state index in [-0.39, 0.29) is 18.4 Å². The Hall–Kier alpha value is -1.08. The molecule has 0 bridgehead atoms. The number of benzene rings is 1. The number of nitrogen functional groups attached to an aromatic ring is 1. The number of anilines is 1. The number of fused-ring (bicyclic) bond motifs is 1. The van der Waals surface area contributed by atoms with Gasteiger partial charge in [-0.15, -0.1) is 23.7 Å². The van der Waals surface area contributed by atoms with Crippen molar-refractivity contribution < 1.29 is 8.42 Å². The Kier molecular flexibility index (Phi) is 5.41. The van der Waals surface area contributed by atoms with Crippen LogP contribution in [-0.4, -0.2) is 8.42 Å². The van der Waals surface area contributed by atoms with Crippen LogP contribution in [-0.2, 0) is 16.4 Å². The third-order valence-electron chi connectivity index (χ3n) is 4.02. The molecule has 3 rings (SSSR count). The highest BCUT2D eigenvalue weighted by atomic mass is 35.5. The van der Waals surface area contributed by atoms with E-state index < -0.39 is 10.0 Å². The summed E-state index contributed by atoms with van der Waals surface area (Å²) in [5, 5.41) is 0. The number of nitrogens with one attached hydrogen (secondary N) is 1. The van der Waals surface area contributed by atoms with Crippen molar-refractivity contribution in [1.29, 1.82) is 0 Å². The van der Waals surface area contributed by atoms with Crippen molar-refractivity contribution in [3.8, 4) is 0 Å². The van der Waals surface area contributed by atoms with Gasteiger partial charge >= 0.3 is 0 Å². The maximum atomic E-state index is 12.7. The van der Waals surface area contributed by atoms with E-state index in [1.807, 2.05) is 38.1 Å². The summed E-state index contributed by atoms with van der Waals surface area (Å²) in [6.07, 6.45) is 2.74. The molecule has 0 fully saturated rings. The largest absolute Gasteiger partial charge is 0.399 e. The first-order chi connectivity index (χ1) is 10.4. The van der Waals surface area contributed by atoms with Crippen LogP contribution in [0.25, 0.3) is 0 Å². The Morgan fingerprint density at radius 3 is 2.65 bits per heavy atom. The number of halogens is 1. The summed E-state index contributed by atoms with van der Waals surface area (Å²) in [6.45, 7) is 3.77. The van der Waals surface area contributed by atoms with Gasteiger partial charge in [0.15, 0.2) is 0 Å². The van der Waals surface area contributed by atoms with Gasteiger partial charge in [-0.1, -0.05) is 6.07 Å². The molecule has 0 aliphatic heterocycles. The maximum Gasteiger partial charge on any atom is 0.250 e. The third-order valence-corrected chi connectivity index (χ3v) is 7.28. The fraction of sp³-hybridized carbons (Fsp3) is 0.375. The van der Waals surface area contributed by atoms with Crippen LogP contribution in [0.1, 0.15) is 40.5 Å². The van der Waals surface area contributed by atoms with Crippen molar-refractivity contribution in [3.63, 3.8) is 0 Å². The molecule has 0 spiro atoms. The van der Waals surface area contributed by atoms with Crippen LogP contribution in [0.2, 0.25) is 0 Å². The summed E-state index contributed by atoms with van der Waals surface area (Å²) in [7, 11) is -3.49. The predicted octanol–water partition coefficient (Wildman–Crippen LogP) is 3.72. The van der Waals surface area contributed by atoms with E-state index in [4.69, 9.17) is 5.73 Å². The normalized spacial score (nSPS) is 17.4. The summed E-state index contributed by atoms with van der Waals surface area (Å²) in [5.74, 6) is 0. The molecule has 23 heavy (non-hydrogen) atoms. The quantitative estimate of drug-likeness (QED) is 0.806. The fourth-order valence-electron chi connectivity index (χ4n) is 3.08. The van der Waals surface area contributed by atoms with Gasteiger partial charge in [0.1, 0.15) is 4.21 Å². The lowest BCUT2D eigenvalue weighted by atomic mass is 9.88. The Morgan fingerprint density at radius 1 is 1.26 bits per heavy atom. The minimum Gasteiger partial charge on any atom is -0.399 e. The molecule has 1 heterocycles. The van der Waals surface area contributed by atoms with Crippen LogP contribution in [0.5, 0.6) is 0 Å². The lowest BCUT2D eigenvalue weighted by molar-refractivity contribution is 0.508. The van der Waals surface area contributed by atoms with Crippen molar-refractivity contribution in [2.24, 2.45) is 0 Å². The van der Waals surface area contributed by atoms with E-state index in [1.54, 1.807) is 0 Å². The minimum absolute atomic E-state index is 0. The molecule has 126 valence electrons. The van der Waals surface area contributed by atoms with Crippen molar-refractivity contribution in [2.45, 2.75) is 43.4 Å². The zero-order valence-electron chi connectivity index (χ0n) is 13.1. The third kappa shape index (κ3) is 3.71. The highest BCUT2D eigenvalue weighted by Gasteiger charge is 2.27. The summed E-state index contributed by atoms with van der Waals surface area (Å²) >= 11 is 1.32. The number of rotatable bonds is 3. The second-order valence-electron chi connectivity index (χ2n) is 5.85. The average molecular weight is 373 g/mol. The SMILES string of the molecule is Cc1cc(C)c(S(=O)(=O)NC2CCCc3cc(N)ccc32)s1.Cl. The molecule has 1 unspecified atom stereocenters. The van der Waals surface area contributed by atoms with E-state index in [0.717, 1.165) is 46.5 Å². The standard InChI is InChI=1S/C16H20N2O2S2.ClH/c1-10-8-11(2)21-16(10)22(19,20)18-15-5-3-4-12-9-13(17)6-7-14(12)15;/h6-9,15,18H,3-5,17H2,1-2H3;1H. The molecular weight excluding hydrogens is 352 g/mol. The summed E-state index contributed by atoms with van der Waals surface area (Å²) in [4.78, 5) is 1.01. The van der Waals surface area contributed by atoms with Crippen LogP contribution < -0.4 is 10.5 Å². The molecule has 1 atom stereocenters. The zero-order chi connectivity index (χ0) is 15.9. The summed E-state index contributed by atoms with van der Waals surface area (Å²) < 4.78 is 28.7. The van der Waals surface area contributed by atoms with Gasteiger partial charge in [0.2, 0.25) is 0 Å². The van der Waals surface area contributed by atoms with E-state index in [0.29, 0.717) is 4.21 Å². The van der Waals surface area contributed by atoms with Crippen LogP contribution in [0.4, 0.5) is 5.69 Å². The Balaban J connectivity index is 0.00000192. The first-order valence-corrected chi connectivity index (χ1v) is 9.64. The van der Waals surface area contributed by atoms with Gasteiger partial charge in [0.25, 0.3) is 10.0 Å². The highest BCUT2D eigenvalue weighted by Crippen LogP contribution is 2.33. The summed E-state index contributed by atoms with van der Waals surface area (Å²) in [6, 6.07) is 7.48. The first-order valence-electron chi connectivity index (χ1n) is 7.34. The van der Waals surface area contributed by atoms with Crippen molar-refractivity contribution >= 4 is 39.5 Å². The molecule has 3 N–H and O–H groups in total. The van der Waals surface area contributed by atoms with Crippen molar-refractivity contribution in [2.75, 3.05) is 5.73 Å². The van der Waals surface area contributed by atoms with Gasteiger partial charge < -0.3 is 5.73 Å². The summed E-state index contributed by atoms with van der Waals surface area (Å²) in [5.41, 5.74) is 9.57. The van der Waals surface area contributed by atoms with Gasteiger partial charge in [0, 0.05) is 16.6 Å². The van der Waals surface area contributed by atoms with E-state index in [9.17, 15) is 8.42 Å². The van der Waals surface area contributed by atoms with Crippen molar-refractivity contribution in [3.05, 3.63) is 45.8 Å². The Labute approximate surface area is 147 Å². The molecule has 1 aromatic heterocycles. The zero-order valence-corrected chi connectivity index (χ0v) is 15.6. The topological polar surface area (TPSA) is 72.2 Å². The van der Waals surface area contributed by atoms with Crippen LogP contribution in [0.3, 0.4) is 0 Å². The molecule has 1 aliphatic carbocycles. The smallest absolute Gasteiger partial charge is 0.250 e. The molecular formula is C16H21ClN2O2S2. The minimum atomic E-state index is -3.49. The lowest BCUT2D eigenvalue weighted by Crippen LogP contribution is -2.31. The molecule has 4 nitrogen and oxygen atoms in total. The molecule has 0 amide bonds. The van der Waals surface area contributed by atoms with E-state index >= 15 is 0 Å². The maximum absolute atomic E-state index is 12.7. The molecule has 2 aromatic rings. The monoisotopic (exact) mass is 372 g/mol. The van der Waals surface area contributed by atoms with Crippen LogP contribution >= 0.6 is 23.7 Å². The van der Waals surface area contributed by atoms with Gasteiger partial charge in [-0.2, -0.15) is 0 Å². The number of sulfonamides is 1. The van der Waals surface area contributed by atoms with Gasteiger partial charge in [-0.05, 0) is 68.0 Å². The Bertz CT molecular complexity index is 815. The lowest BCUT2D eigenvalue weighted by Gasteiger charge is -2.26. The van der Waals surface area contributed by atoms with Gasteiger partial charge in [-0.3, -0.25) is 0 Å². The molecule has 0 radical (unpaired) electrons. The fourth-order valence-corrected chi connectivity index (χ4v) is 6.02. The van der Waals surface area contributed by atoms with Gasteiger partial charge in [-0.25, -0.2) is 13.1 Å². The van der Waals surface area contributed by atoms with E-state index in [2.05, 4.69) is 4.72 Å². The number of nitrogens with two attached hydrogens (primary N) is 1. The molecule has 0 saturated heterocycles. The molecule has 1 aliphatic rings. The molecule has 7 heteroatoms. The molecule has 1 aromatic carbocycles. The Morgan fingerprint density at radius 2 is 2.00 bits per heavy atom. The number of hydrogen-bond donors (Lipinski definition) is 2. The number of thiophene rings is 1. The van der Waals surface area contributed by atoms with Gasteiger partial charge in [0.05, 0.1) is 0 Å². The predicted molar refractivity (Wildman–Crippen MR) is 97.9 cm³/mol.